The molecule has 0 aliphatic carbocycles. The van der Waals surface area contributed by atoms with Gasteiger partial charge in [-0.25, -0.2) is 9.67 Å². The summed E-state index contributed by atoms with van der Waals surface area (Å²) in [6.07, 6.45) is 3.93. The number of rotatable bonds is 10. The second-order valence-electron chi connectivity index (χ2n) is 6.92. The average Bonchev–Trinajstić information content (AvgIpc) is 3.15. The third-order valence-corrected chi connectivity index (χ3v) is 5.15. The topological polar surface area (TPSA) is 108 Å². The van der Waals surface area contributed by atoms with E-state index in [2.05, 4.69) is 31.3 Å². The fraction of sp³-hybridized carbons (Fsp3) is 0.381. The molecule has 0 fully saturated rings. The molecule has 0 saturated carbocycles. The third kappa shape index (κ3) is 6.24. The fourth-order valence-electron chi connectivity index (χ4n) is 3.08. The van der Waals surface area contributed by atoms with Gasteiger partial charge in [0.15, 0.2) is 5.65 Å². The van der Waals surface area contributed by atoms with Gasteiger partial charge in [-0.15, -0.1) is 0 Å². The molecule has 0 bridgehead atoms. The number of nitrogens with one attached hydrogen (secondary N) is 1. The van der Waals surface area contributed by atoms with Gasteiger partial charge in [0.05, 0.1) is 25.9 Å². The van der Waals surface area contributed by atoms with E-state index in [9.17, 15) is 14.4 Å². The summed E-state index contributed by atoms with van der Waals surface area (Å²) in [6.45, 7) is 3.24. The Labute approximate surface area is 187 Å². The van der Waals surface area contributed by atoms with Gasteiger partial charge in [0.25, 0.3) is 5.56 Å². The third-order valence-electron chi connectivity index (χ3n) is 4.62. The van der Waals surface area contributed by atoms with Crippen LogP contribution in [0.25, 0.3) is 11.0 Å². The number of amides is 1. The molecule has 3 aromatic rings. The van der Waals surface area contributed by atoms with Crippen LogP contribution in [-0.2, 0) is 27.4 Å². The lowest BCUT2D eigenvalue weighted by molar-refractivity contribution is -0.143. The van der Waals surface area contributed by atoms with Crippen molar-refractivity contribution in [3.63, 3.8) is 0 Å². The largest absolute Gasteiger partial charge is 0.466 e. The fourth-order valence-corrected chi connectivity index (χ4v) is 3.34. The average molecular weight is 490 g/mol. The van der Waals surface area contributed by atoms with Crippen LogP contribution in [0, 0.1) is 0 Å². The summed E-state index contributed by atoms with van der Waals surface area (Å²) in [5.74, 6) is -0.444. The van der Waals surface area contributed by atoms with Crippen LogP contribution in [0.1, 0.15) is 31.7 Å². The Balaban J connectivity index is 1.54. The zero-order valence-corrected chi connectivity index (χ0v) is 18.8. The summed E-state index contributed by atoms with van der Waals surface area (Å²) in [4.78, 5) is 40.3. The van der Waals surface area contributed by atoms with Crippen molar-refractivity contribution in [2.45, 2.75) is 39.3 Å². The molecule has 9 nitrogen and oxygen atoms in total. The quantitative estimate of drug-likeness (QED) is 0.437. The predicted octanol–water partition coefficient (Wildman–Crippen LogP) is 2.25. The normalized spacial score (nSPS) is 10.9. The summed E-state index contributed by atoms with van der Waals surface area (Å²) in [5.41, 5.74) is 1.31. The second kappa shape index (κ2) is 10.9. The summed E-state index contributed by atoms with van der Waals surface area (Å²) in [6, 6.07) is 7.74. The molecular formula is C21H24BrN5O4. The van der Waals surface area contributed by atoms with E-state index in [1.165, 1.54) is 12.5 Å². The van der Waals surface area contributed by atoms with Crippen molar-refractivity contribution in [2.75, 3.05) is 13.2 Å². The van der Waals surface area contributed by atoms with E-state index in [1.54, 1.807) is 16.2 Å². The second-order valence-corrected chi connectivity index (χ2v) is 7.83. The van der Waals surface area contributed by atoms with Crippen molar-refractivity contribution in [2.24, 2.45) is 0 Å². The molecule has 0 unspecified atom stereocenters. The van der Waals surface area contributed by atoms with Gasteiger partial charge in [0.2, 0.25) is 5.91 Å². The summed E-state index contributed by atoms with van der Waals surface area (Å²) in [7, 11) is 0. The first-order valence-corrected chi connectivity index (χ1v) is 10.8. The lowest BCUT2D eigenvalue weighted by Crippen LogP contribution is -2.27. The molecule has 0 spiro atoms. The minimum absolute atomic E-state index is 0.148. The van der Waals surface area contributed by atoms with Crippen molar-refractivity contribution < 1.29 is 14.3 Å². The Bertz CT molecular complexity index is 1110. The number of nitrogens with zero attached hydrogens (tertiary/aromatic N) is 4. The Kier molecular flexibility index (Phi) is 7.94. The van der Waals surface area contributed by atoms with Crippen molar-refractivity contribution in [1.82, 2.24) is 24.6 Å². The Hall–Kier alpha value is -3.01. The molecule has 164 valence electrons. The first kappa shape index (κ1) is 22.7. The molecular weight excluding hydrogens is 466 g/mol. The number of carbonyl (C=O) groups is 2. The molecule has 3 rings (SSSR count). The van der Waals surface area contributed by atoms with E-state index in [-0.39, 0.29) is 30.3 Å². The highest BCUT2D eigenvalue weighted by molar-refractivity contribution is 9.10. The Morgan fingerprint density at radius 1 is 1.19 bits per heavy atom. The zero-order chi connectivity index (χ0) is 22.2. The summed E-state index contributed by atoms with van der Waals surface area (Å²) < 4.78 is 8.95. The number of ether oxygens (including phenoxy) is 1. The highest BCUT2D eigenvalue weighted by Gasteiger charge is 2.11. The van der Waals surface area contributed by atoms with E-state index in [0.29, 0.717) is 43.7 Å². The van der Waals surface area contributed by atoms with E-state index >= 15 is 0 Å². The van der Waals surface area contributed by atoms with E-state index in [0.717, 1.165) is 10.0 Å². The Morgan fingerprint density at radius 2 is 1.97 bits per heavy atom. The maximum absolute atomic E-state index is 12.8. The molecule has 0 radical (unpaired) electrons. The molecule has 31 heavy (non-hydrogen) atoms. The molecule has 10 heteroatoms. The molecule has 0 aliphatic heterocycles. The number of halogens is 1. The van der Waals surface area contributed by atoms with E-state index < -0.39 is 0 Å². The number of esters is 1. The number of hydrogen-bond donors (Lipinski definition) is 1. The SMILES string of the molecule is CCOC(=O)CCCC(=O)NCCn1ncc2c(=O)n(Cc3ccc(Br)cc3)cnc21. The van der Waals surface area contributed by atoms with Crippen LogP contribution >= 0.6 is 15.9 Å². The first-order valence-electron chi connectivity index (χ1n) is 10.1. The summed E-state index contributed by atoms with van der Waals surface area (Å²) >= 11 is 3.40. The van der Waals surface area contributed by atoms with Crippen molar-refractivity contribution in [3.8, 4) is 0 Å². The van der Waals surface area contributed by atoms with Gasteiger partial charge >= 0.3 is 5.97 Å². The zero-order valence-electron chi connectivity index (χ0n) is 17.2. The Morgan fingerprint density at radius 3 is 2.71 bits per heavy atom. The number of benzene rings is 1. The molecule has 1 amide bonds. The maximum atomic E-state index is 12.8. The van der Waals surface area contributed by atoms with E-state index in [1.807, 2.05) is 24.3 Å². The van der Waals surface area contributed by atoms with Crippen LogP contribution < -0.4 is 10.9 Å². The van der Waals surface area contributed by atoms with Gasteiger partial charge in [-0.2, -0.15) is 5.10 Å². The number of hydrogen-bond acceptors (Lipinski definition) is 6. The number of fused-ring (bicyclic) bond motifs is 1. The highest BCUT2D eigenvalue weighted by atomic mass is 79.9. The standard InChI is InChI=1S/C21H24BrN5O4/c1-2-31-19(29)5-3-4-18(28)23-10-11-27-20-17(12-25-27)21(30)26(14-24-20)13-15-6-8-16(22)9-7-15/h6-9,12,14H,2-5,10-11,13H2,1H3,(H,23,28). The molecule has 0 saturated heterocycles. The monoisotopic (exact) mass is 489 g/mol. The lowest BCUT2D eigenvalue weighted by atomic mass is 10.2. The number of carbonyl (C=O) groups excluding carboxylic acids is 2. The van der Waals surface area contributed by atoms with Crippen LogP contribution in [0.2, 0.25) is 0 Å². The van der Waals surface area contributed by atoms with Gasteiger partial charge in [0.1, 0.15) is 11.7 Å². The van der Waals surface area contributed by atoms with Gasteiger partial charge in [0, 0.05) is 23.9 Å². The minimum atomic E-state index is -0.296. The number of aromatic nitrogens is 4. The van der Waals surface area contributed by atoms with Crippen LogP contribution in [-0.4, -0.2) is 44.4 Å². The first-order chi connectivity index (χ1) is 15.0. The molecule has 2 aromatic heterocycles. The van der Waals surface area contributed by atoms with Crippen LogP contribution in [0.4, 0.5) is 0 Å². The molecule has 0 atom stereocenters. The molecule has 1 aromatic carbocycles. The van der Waals surface area contributed by atoms with Crippen LogP contribution in [0.5, 0.6) is 0 Å². The maximum Gasteiger partial charge on any atom is 0.305 e. The lowest BCUT2D eigenvalue weighted by Gasteiger charge is -2.08. The smallest absolute Gasteiger partial charge is 0.305 e. The van der Waals surface area contributed by atoms with Gasteiger partial charge < -0.3 is 10.1 Å². The predicted molar refractivity (Wildman–Crippen MR) is 119 cm³/mol. The van der Waals surface area contributed by atoms with E-state index in [4.69, 9.17) is 4.74 Å². The van der Waals surface area contributed by atoms with Gasteiger partial charge in [-0.1, -0.05) is 28.1 Å². The van der Waals surface area contributed by atoms with Crippen LogP contribution in [0.3, 0.4) is 0 Å². The molecule has 0 aliphatic rings. The summed E-state index contributed by atoms with van der Waals surface area (Å²) in [5, 5.41) is 7.46. The van der Waals surface area contributed by atoms with Crippen molar-refractivity contribution in [3.05, 3.63) is 57.2 Å². The minimum Gasteiger partial charge on any atom is -0.466 e. The highest BCUT2D eigenvalue weighted by Crippen LogP contribution is 2.12. The van der Waals surface area contributed by atoms with Gasteiger partial charge in [-0.05, 0) is 31.0 Å². The molecule has 1 N–H and O–H groups in total. The van der Waals surface area contributed by atoms with Crippen LogP contribution in [0.15, 0.2) is 46.1 Å². The molecule has 2 heterocycles. The van der Waals surface area contributed by atoms with Gasteiger partial charge in [-0.3, -0.25) is 19.0 Å². The van der Waals surface area contributed by atoms with Crippen molar-refractivity contribution in [1.29, 1.82) is 0 Å². The van der Waals surface area contributed by atoms with Crippen molar-refractivity contribution >= 4 is 38.8 Å².